The highest BCUT2D eigenvalue weighted by atomic mass is 32.2. The molecule has 7 nitrogen and oxygen atoms in total. The Balaban J connectivity index is 2.62. The molecule has 1 aliphatic rings. The summed E-state index contributed by atoms with van der Waals surface area (Å²) >= 11 is 1.01. The van der Waals surface area contributed by atoms with Crippen molar-refractivity contribution in [2.45, 2.75) is 30.3 Å². The Morgan fingerprint density at radius 3 is 2.76 bits per heavy atom. The zero-order valence-electron chi connectivity index (χ0n) is 9.55. The number of nitro groups is 1. The lowest BCUT2D eigenvalue weighted by molar-refractivity contribution is -0.527. The Hall–Kier alpha value is -0.700. The van der Waals surface area contributed by atoms with Crippen molar-refractivity contribution in [2.24, 2.45) is 11.5 Å². The molecule has 0 aromatic rings. The summed E-state index contributed by atoms with van der Waals surface area (Å²) in [5.41, 5.74) is 11.0. The lowest BCUT2D eigenvalue weighted by atomic mass is 10.0. The van der Waals surface area contributed by atoms with E-state index in [9.17, 15) is 14.9 Å². The van der Waals surface area contributed by atoms with Crippen LogP contribution < -0.4 is 16.8 Å². The highest BCUT2D eigenvalue weighted by molar-refractivity contribution is 8.01. The summed E-state index contributed by atoms with van der Waals surface area (Å²) in [5, 5.41) is 13.7. The van der Waals surface area contributed by atoms with Crippen LogP contribution in [0.2, 0.25) is 0 Å². The van der Waals surface area contributed by atoms with Crippen molar-refractivity contribution in [3.63, 3.8) is 0 Å². The molecule has 5 N–H and O–H groups in total. The van der Waals surface area contributed by atoms with Gasteiger partial charge in [-0.05, 0) is 19.4 Å². The average molecular weight is 262 g/mol. The summed E-state index contributed by atoms with van der Waals surface area (Å²) in [6.45, 7) is 0.987. The van der Waals surface area contributed by atoms with E-state index in [1.807, 2.05) is 0 Å². The van der Waals surface area contributed by atoms with Crippen molar-refractivity contribution in [3.05, 3.63) is 10.1 Å². The summed E-state index contributed by atoms with van der Waals surface area (Å²) in [6.07, 6.45) is 1.92. The van der Waals surface area contributed by atoms with Gasteiger partial charge in [0, 0.05) is 12.3 Å². The summed E-state index contributed by atoms with van der Waals surface area (Å²) in [4.78, 5) is 20.7. The molecule has 0 aromatic carbocycles. The third-order valence-corrected chi connectivity index (χ3v) is 4.00. The number of nitrogens with one attached hydrogen (secondary N) is 1. The van der Waals surface area contributed by atoms with Crippen molar-refractivity contribution in [3.8, 4) is 0 Å². The van der Waals surface area contributed by atoms with E-state index in [2.05, 4.69) is 5.32 Å². The van der Waals surface area contributed by atoms with Crippen molar-refractivity contribution >= 4 is 17.5 Å². The van der Waals surface area contributed by atoms with Crippen LogP contribution in [0.4, 0.5) is 0 Å². The Kier molecular flexibility index (Phi) is 5.31. The maximum absolute atomic E-state index is 12.0. The number of hydrogen-bond donors (Lipinski definition) is 3. The van der Waals surface area contributed by atoms with Crippen molar-refractivity contribution in [1.82, 2.24) is 5.32 Å². The Labute approximate surface area is 104 Å². The molecule has 17 heavy (non-hydrogen) atoms. The molecular weight excluding hydrogens is 244 g/mol. The molecular formula is C9H18N4O3S. The van der Waals surface area contributed by atoms with Gasteiger partial charge in [-0.2, -0.15) is 0 Å². The first-order chi connectivity index (χ1) is 8.04. The molecule has 1 saturated heterocycles. The maximum atomic E-state index is 12.0. The summed E-state index contributed by atoms with van der Waals surface area (Å²) in [6, 6.07) is -0.801. The Morgan fingerprint density at radius 1 is 1.59 bits per heavy atom. The minimum atomic E-state index is -1.73. The van der Waals surface area contributed by atoms with Crippen molar-refractivity contribution in [2.75, 3.05) is 18.8 Å². The standard InChI is InChI=1S/C9H18N4O3S/c10-4-2-1-3-7(11)8(14)9(13(15)16)12-5-6-17-9/h7,12H,1-6,10-11H2/t7-,9?/m0/s1. The molecule has 1 fully saturated rings. The van der Waals surface area contributed by atoms with Crippen LogP contribution in [0.25, 0.3) is 0 Å². The third kappa shape index (κ3) is 3.15. The van der Waals surface area contributed by atoms with Gasteiger partial charge in [0.25, 0.3) is 5.78 Å². The second-order valence-corrected chi connectivity index (χ2v) is 5.22. The van der Waals surface area contributed by atoms with Gasteiger partial charge >= 0.3 is 4.99 Å². The molecule has 1 rings (SSSR count). The van der Waals surface area contributed by atoms with E-state index < -0.39 is 21.7 Å². The Morgan fingerprint density at radius 2 is 2.29 bits per heavy atom. The second kappa shape index (κ2) is 6.29. The van der Waals surface area contributed by atoms with E-state index in [1.165, 1.54) is 0 Å². The van der Waals surface area contributed by atoms with Crippen LogP contribution in [0.5, 0.6) is 0 Å². The van der Waals surface area contributed by atoms with Gasteiger partial charge in [0.1, 0.15) is 0 Å². The number of thioether (sulfide) groups is 1. The van der Waals surface area contributed by atoms with E-state index in [1.54, 1.807) is 0 Å². The zero-order chi connectivity index (χ0) is 12.9. The number of Topliss-reactive ketones (excluding diaryl/α,β-unsaturated/α-hetero) is 1. The first kappa shape index (κ1) is 14.4. The number of carbonyl (C=O) groups is 1. The minimum Gasteiger partial charge on any atom is -0.330 e. The van der Waals surface area contributed by atoms with Gasteiger partial charge in [0.05, 0.1) is 11.0 Å². The molecule has 98 valence electrons. The van der Waals surface area contributed by atoms with Crippen LogP contribution in [0.3, 0.4) is 0 Å². The number of nitrogens with zero attached hydrogens (tertiary/aromatic N) is 1. The number of unbranched alkanes of at least 4 members (excludes halogenated alkanes) is 1. The van der Waals surface area contributed by atoms with Crippen LogP contribution in [0, 0.1) is 10.1 Å². The van der Waals surface area contributed by atoms with Crippen LogP contribution in [-0.2, 0) is 4.79 Å². The van der Waals surface area contributed by atoms with E-state index in [0.29, 0.717) is 31.7 Å². The highest BCUT2D eigenvalue weighted by Gasteiger charge is 2.55. The largest absolute Gasteiger partial charge is 0.382 e. The lowest BCUT2D eigenvalue weighted by Gasteiger charge is -2.21. The van der Waals surface area contributed by atoms with Gasteiger partial charge in [0.2, 0.25) is 0 Å². The van der Waals surface area contributed by atoms with Gasteiger partial charge < -0.3 is 11.5 Å². The number of nitrogens with two attached hydrogens (primary N) is 2. The normalized spacial score (nSPS) is 25.8. The number of rotatable bonds is 7. The number of hydrogen-bond acceptors (Lipinski definition) is 7. The van der Waals surface area contributed by atoms with Crippen LogP contribution in [-0.4, -0.2) is 40.6 Å². The average Bonchev–Trinajstić information content (AvgIpc) is 2.78. The quantitative estimate of drug-likeness (QED) is 0.314. The van der Waals surface area contributed by atoms with Crippen LogP contribution >= 0.6 is 11.8 Å². The fourth-order valence-corrected chi connectivity index (χ4v) is 2.83. The monoisotopic (exact) mass is 262 g/mol. The van der Waals surface area contributed by atoms with E-state index >= 15 is 0 Å². The molecule has 1 aliphatic heterocycles. The van der Waals surface area contributed by atoms with Gasteiger partial charge in [-0.15, -0.1) is 0 Å². The van der Waals surface area contributed by atoms with E-state index in [0.717, 1.165) is 18.2 Å². The molecule has 0 aromatic heterocycles. The smallest absolute Gasteiger partial charge is 0.330 e. The maximum Gasteiger partial charge on any atom is 0.382 e. The predicted octanol–water partition coefficient (Wildman–Crippen LogP) is -0.721. The topological polar surface area (TPSA) is 124 Å². The molecule has 2 atom stereocenters. The Bertz CT molecular complexity index is 294. The molecule has 8 heteroatoms. The molecule has 0 spiro atoms. The summed E-state index contributed by atoms with van der Waals surface area (Å²) < 4.78 is 0. The first-order valence-electron chi connectivity index (χ1n) is 5.58. The fraction of sp³-hybridized carbons (Fsp3) is 0.889. The van der Waals surface area contributed by atoms with E-state index in [-0.39, 0.29) is 0 Å². The fourth-order valence-electron chi connectivity index (χ4n) is 1.73. The minimum absolute atomic E-state index is 0.438. The molecule has 0 bridgehead atoms. The highest BCUT2D eigenvalue weighted by Crippen LogP contribution is 2.30. The second-order valence-electron chi connectivity index (χ2n) is 3.93. The molecule has 1 heterocycles. The summed E-state index contributed by atoms with van der Waals surface area (Å²) in [5.74, 6) is 0.00409. The lowest BCUT2D eigenvalue weighted by Crippen LogP contribution is -2.57. The third-order valence-electron chi connectivity index (χ3n) is 2.67. The van der Waals surface area contributed by atoms with Gasteiger partial charge in [-0.3, -0.25) is 14.9 Å². The predicted molar refractivity (Wildman–Crippen MR) is 66.1 cm³/mol. The SMILES string of the molecule is NCCCC[C@H](N)C(=O)C1([N+](=O)[O-])NCCS1. The van der Waals surface area contributed by atoms with Crippen molar-refractivity contribution in [1.29, 1.82) is 0 Å². The molecule has 0 saturated carbocycles. The zero-order valence-corrected chi connectivity index (χ0v) is 10.4. The molecule has 1 unspecified atom stereocenters. The number of carbonyl (C=O) groups excluding carboxylic acids is 1. The van der Waals surface area contributed by atoms with Gasteiger partial charge in [-0.25, -0.2) is 5.32 Å². The van der Waals surface area contributed by atoms with E-state index in [4.69, 9.17) is 11.5 Å². The summed E-state index contributed by atoms with van der Waals surface area (Å²) in [7, 11) is 0. The first-order valence-corrected chi connectivity index (χ1v) is 6.56. The number of ketones is 1. The van der Waals surface area contributed by atoms with Gasteiger partial charge in [-0.1, -0.05) is 18.2 Å². The molecule has 0 amide bonds. The van der Waals surface area contributed by atoms with Gasteiger partial charge in [0.15, 0.2) is 0 Å². The van der Waals surface area contributed by atoms with Crippen LogP contribution in [0.15, 0.2) is 0 Å². The van der Waals surface area contributed by atoms with Crippen LogP contribution in [0.1, 0.15) is 19.3 Å². The molecule has 0 aliphatic carbocycles. The molecule has 0 radical (unpaired) electrons. The van der Waals surface area contributed by atoms with Crippen molar-refractivity contribution < 1.29 is 9.72 Å².